The molecule has 1 aromatic rings. The maximum absolute atomic E-state index is 7.40. The summed E-state index contributed by atoms with van der Waals surface area (Å²) < 4.78 is 2.18. The molecular formula is C15H26N2. The quantitative estimate of drug-likeness (QED) is 0.623. The molecule has 1 rings (SSSR count). The second kappa shape index (κ2) is 9.03. The van der Waals surface area contributed by atoms with Crippen molar-refractivity contribution in [2.75, 3.05) is 0 Å². The van der Waals surface area contributed by atoms with E-state index < -0.39 is 0 Å². The molecule has 0 unspecified atom stereocenters. The number of pyridine rings is 1. The Hall–Kier alpha value is -1.05. The maximum atomic E-state index is 7.40. The van der Waals surface area contributed by atoms with Gasteiger partial charge < -0.3 is 9.98 Å². The Balaban J connectivity index is 1.97. The monoisotopic (exact) mass is 234 g/mol. The van der Waals surface area contributed by atoms with Crippen LogP contribution in [0.5, 0.6) is 0 Å². The highest BCUT2D eigenvalue weighted by Crippen LogP contribution is 2.08. The lowest BCUT2D eigenvalue weighted by molar-refractivity contribution is 0.542. The lowest BCUT2D eigenvalue weighted by Gasteiger charge is -2.05. The van der Waals surface area contributed by atoms with Gasteiger partial charge in [-0.05, 0) is 18.6 Å². The summed E-state index contributed by atoms with van der Waals surface area (Å²) in [5.74, 6) is 0. The molecule has 0 spiro atoms. The molecule has 0 aliphatic rings. The van der Waals surface area contributed by atoms with E-state index in [0.717, 1.165) is 6.54 Å². The molecule has 0 aliphatic heterocycles. The summed E-state index contributed by atoms with van der Waals surface area (Å²) in [6.45, 7) is 3.36. The highest BCUT2D eigenvalue weighted by molar-refractivity contribution is 4.90. The van der Waals surface area contributed by atoms with Crippen LogP contribution in [0.15, 0.2) is 24.5 Å². The normalized spacial score (nSPS) is 10.6. The number of aromatic nitrogens is 1. The van der Waals surface area contributed by atoms with Crippen molar-refractivity contribution < 1.29 is 0 Å². The average molecular weight is 234 g/mol. The fourth-order valence-electron chi connectivity index (χ4n) is 2.03. The Labute approximate surface area is 105 Å². The van der Waals surface area contributed by atoms with Crippen molar-refractivity contribution in [3.8, 4) is 0 Å². The summed E-state index contributed by atoms with van der Waals surface area (Å²) in [7, 11) is 0. The Morgan fingerprint density at radius 2 is 1.41 bits per heavy atom. The zero-order valence-electron chi connectivity index (χ0n) is 11.1. The van der Waals surface area contributed by atoms with Crippen LogP contribution < -0.4 is 5.36 Å². The highest BCUT2D eigenvalue weighted by Gasteiger charge is 1.92. The van der Waals surface area contributed by atoms with E-state index in [9.17, 15) is 0 Å². The third kappa shape index (κ3) is 6.98. The molecular weight excluding hydrogens is 208 g/mol. The zero-order chi connectivity index (χ0) is 12.3. The number of hydrogen-bond acceptors (Lipinski definition) is 1. The van der Waals surface area contributed by atoms with Crippen LogP contribution in [0.3, 0.4) is 0 Å². The van der Waals surface area contributed by atoms with E-state index in [4.69, 9.17) is 5.41 Å². The van der Waals surface area contributed by atoms with Crippen LogP contribution in [0.1, 0.15) is 58.3 Å². The Morgan fingerprint density at radius 3 is 2.00 bits per heavy atom. The molecule has 2 heteroatoms. The maximum Gasteiger partial charge on any atom is 0.0568 e. The molecule has 1 heterocycles. The zero-order valence-corrected chi connectivity index (χ0v) is 11.1. The van der Waals surface area contributed by atoms with Crippen molar-refractivity contribution in [3.63, 3.8) is 0 Å². The molecule has 1 N–H and O–H groups in total. The molecule has 2 nitrogen and oxygen atoms in total. The van der Waals surface area contributed by atoms with Gasteiger partial charge in [0.25, 0.3) is 0 Å². The van der Waals surface area contributed by atoms with Crippen LogP contribution in [0, 0.1) is 5.41 Å². The Bertz CT molecular complexity index is 321. The molecule has 0 saturated carbocycles. The molecule has 0 aliphatic carbocycles. The third-order valence-electron chi connectivity index (χ3n) is 3.16. The standard InChI is InChI=1S/C15H26N2/c1-2-3-4-5-6-7-8-9-12-17-13-10-15(16)11-14-17/h10-11,13-14,16H,2-9,12H2,1H3. The van der Waals surface area contributed by atoms with Crippen molar-refractivity contribution in [3.05, 3.63) is 29.9 Å². The minimum absolute atomic E-state index is 0.595. The highest BCUT2D eigenvalue weighted by atomic mass is 14.9. The van der Waals surface area contributed by atoms with Crippen LogP contribution in [-0.4, -0.2) is 4.57 Å². The summed E-state index contributed by atoms with van der Waals surface area (Å²) in [5.41, 5.74) is 0. The fraction of sp³-hybridized carbons (Fsp3) is 0.667. The minimum atomic E-state index is 0.595. The smallest absolute Gasteiger partial charge is 0.0568 e. The molecule has 1 aromatic heterocycles. The summed E-state index contributed by atoms with van der Waals surface area (Å²) in [6.07, 6.45) is 14.9. The van der Waals surface area contributed by atoms with E-state index >= 15 is 0 Å². The van der Waals surface area contributed by atoms with Gasteiger partial charge in [-0.3, -0.25) is 0 Å². The lowest BCUT2D eigenvalue weighted by Crippen LogP contribution is -2.03. The third-order valence-corrected chi connectivity index (χ3v) is 3.16. The van der Waals surface area contributed by atoms with Gasteiger partial charge in [0.2, 0.25) is 0 Å². The summed E-state index contributed by atoms with van der Waals surface area (Å²) in [6, 6.07) is 3.70. The first kappa shape index (κ1) is 14.0. The molecule has 0 bridgehead atoms. The molecule has 0 aromatic carbocycles. The summed E-state index contributed by atoms with van der Waals surface area (Å²) >= 11 is 0. The SMILES string of the molecule is CCCCCCCCCCn1ccc(=N)cc1. The van der Waals surface area contributed by atoms with Crippen LogP contribution in [-0.2, 0) is 6.54 Å². The van der Waals surface area contributed by atoms with Crippen molar-refractivity contribution in [2.45, 2.75) is 64.8 Å². The first-order valence-electron chi connectivity index (χ1n) is 7.03. The van der Waals surface area contributed by atoms with Crippen molar-refractivity contribution in [1.29, 1.82) is 5.41 Å². The number of aryl methyl sites for hydroxylation is 1. The predicted octanol–water partition coefficient (Wildman–Crippen LogP) is 4.11. The second-order valence-electron chi connectivity index (χ2n) is 4.80. The summed E-state index contributed by atoms with van der Waals surface area (Å²) in [4.78, 5) is 0. The van der Waals surface area contributed by atoms with E-state index in [-0.39, 0.29) is 0 Å². The second-order valence-corrected chi connectivity index (χ2v) is 4.80. The lowest BCUT2D eigenvalue weighted by atomic mass is 10.1. The van der Waals surface area contributed by atoms with Crippen molar-refractivity contribution in [2.24, 2.45) is 0 Å². The largest absolute Gasteiger partial charge is 0.354 e. The molecule has 0 fully saturated rings. The summed E-state index contributed by atoms with van der Waals surface area (Å²) in [5, 5.41) is 8.00. The fourth-order valence-corrected chi connectivity index (χ4v) is 2.03. The first-order chi connectivity index (χ1) is 8.33. The molecule has 0 radical (unpaired) electrons. The van der Waals surface area contributed by atoms with Crippen LogP contribution in [0.25, 0.3) is 0 Å². The molecule has 0 saturated heterocycles. The molecule has 17 heavy (non-hydrogen) atoms. The van der Waals surface area contributed by atoms with Crippen LogP contribution in [0.4, 0.5) is 0 Å². The van der Waals surface area contributed by atoms with Gasteiger partial charge in [0.05, 0.1) is 5.36 Å². The van der Waals surface area contributed by atoms with E-state index in [2.05, 4.69) is 11.5 Å². The van der Waals surface area contributed by atoms with Gasteiger partial charge in [0, 0.05) is 18.9 Å². The predicted molar refractivity (Wildman–Crippen MR) is 72.9 cm³/mol. The van der Waals surface area contributed by atoms with E-state index in [1.807, 2.05) is 24.5 Å². The van der Waals surface area contributed by atoms with Gasteiger partial charge in [0.15, 0.2) is 0 Å². The van der Waals surface area contributed by atoms with Crippen molar-refractivity contribution in [1.82, 2.24) is 4.57 Å². The van der Waals surface area contributed by atoms with Gasteiger partial charge in [-0.15, -0.1) is 0 Å². The molecule has 0 atom stereocenters. The van der Waals surface area contributed by atoms with Gasteiger partial charge in [-0.2, -0.15) is 0 Å². The van der Waals surface area contributed by atoms with E-state index in [1.54, 1.807) is 0 Å². The van der Waals surface area contributed by atoms with Crippen LogP contribution in [0.2, 0.25) is 0 Å². The van der Waals surface area contributed by atoms with Gasteiger partial charge in [-0.1, -0.05) is 51.9 Å². The first-order valence-corrected chi connectivity index (χ1v) is 7.03. The van der Waals surface area contributed by atoms with Crippen LogP contribution >= 0.6 is 0 Å². The Kier molecular flexibility index (Phi) is 7.44. The number of unbranched alkanes of at least 4 members (excludes halogenated alkanes) is 7. The number of hydrogen-bond donors (Lipinski definition) is 1. The van der Waals surface area contributed by atoms with Gasteiger partial charge in [-0.25, -0.2) is 0 Å². The average Bonchev–Trinajstić information content (AvgIpc) is 2.35. The molecule has 0 amide bonds. The van der Waals surface area contributed by atoms with Gasteiger partial charge >= 0.3 is 0 Å². The topological polar surface area (TPSA) is 28.8 Å². The van der Waals surface area contributed by atoms with Gasteiger partial charge in [0.1, 0.15) is 0 Å². The number of nitrogens with one attached hydrogen (secondary N) is 1. The van der Waals surface area contributed by atoms with E-state index in [0.29, 0.717) is 5.36 Å². The van der Waals surface area contributed by atoms with Crippen molar-refractivity contribution >= 4 is 0 Å². The molecule has 96 valence electrons. The number of rotatable bonds is 9. The Morgan fingerprint density at radius 1 is 0.882 bits per heavy atom. The minimum Gasteiger partial charge on any atom is -0.354 e. The van der Waals surface area contributed by atoms with E-state index in [1.165, 1.54) is 51.4 Å². The number of nitrogens with zero attached hydrogens (tertiary/aromatic N) is 1.